The molecule has 1 N–H and O–H groups in total. The third-order valence-corrected chi connectivity index (χ3v) is 1.82. The van der Waals surface area contributed by atoms with E-state index in [2.05, 4.69) is 0 Å². The van der Waals surface area contributed by atoms with E-state index in [1.165, 1.54) is 4.90 Å². The summed E-state index contributed by atoms with van der Waals surface area (Å²) < 4.78 is 4.92. The molecule has 1 atom stereocenters. The molecule has 0 saturated carbocycles. The maximum absolute atomic E-state index is 11.3. The van der Waals surface area contributed by atoms with E-state index in [9.17, 15) is 9.59 Å². The molecule has 14 heavy (non-hydrogen) atoms. The summed E-state index contributed by atoms with van der Waals surface area (Å²) in [6, 6.07) is 0. The highest BCUT2D eigenvalue weighted by molar-refractivity contribution is 5.78. The predicted octanol–water partition coefficient (Wildman–Crippen LogP) is 0.202. The minimum absolute atomic E-state index is 0.0132. The molecule has 0 aliphatic carbocycles. The molecule has 0 aromatic heterocycles. The van der Waals surface area contributed by atoms with Crippen LogP contribution in [0.15, 0.2) is 0 Å². The smallest absolute Gasteiger partial charge is 0.308 e. The topological polar surface area (TPSA) is 66.8 Å². The van der Waals surface area contributed by atoms with Gasteiger partial charge in [-0.1, -0.05) is 6.92 Å². The van der Waals surface area contributed by atoms with Gasteiger partial charge in [-0.15, -0.1) is 0 Å². The fraction of sp³-hybridized carbons (Fsp3) is 0.778. The molecule has 0 saturated heterocycles. The molecule has 0 radical (unpaired) electrons. The van der Waals surface area contributed by atoms with Crippen LogP contribution in [0.1, 0.15) is 13.8 Å². The number of rotatable bonds is 6. The number of carbonyl (C=O) groups is 2. The third-order valence-electron chi connectivity index (χ3n) is 1.82. The predicted molar refractivity (Wildman–Crippen MR) is 50.9 cm³/mol. The fourth-order valence-corrected chi connectivity index (χ4v) is 0.890. The van der Waals surface area contributed by atoms with Crippen LogP contribution in [0.3, 0.4) is 0 Å². The summed E-state index contributed by atoms with van der Waals surface area (Å²) in [4.78, 5) is 23.1. The maximum atomic E-state index is 11.3. The van der Waals surface area contributed by atoms with Gasteiger partial charge >= 0.3 is 5.97 Å². The SMILES string of the molecule is CCOCC(=O)N(C)CC(C)C(=O)O. The Bertz CT molecular complexity index is 205. The van der Waals surface area contributed by atoms with Crippen LogP contribution in [0.4, 0.5) is 0 Å². The molecule has 82 valence electrons. The van der Waals surface area contributed by atoms with E-state index >= 15 is 0 Å². The number of hydrogen-bond acceptors (Lipinski definition) is 3. The van der Waals surface area contributed by atoms with Gasteiger partial charge in [0.15, 0.2) is 0 Å². The molecule has 5 nitrogen and oxygen atoms in total. The van der Waals surface area contributed by atoms with Crippen LogP contribution < -0.4 is 0 Å². The van der Waals surface area contributed by atoms with Crippen molar-refractivity contribution in [3.63, 3.8) is 0 Å². The van der Waals surface area contributed by atoms with Crippen LogP contribution >= 0.6 is 0 Å². The highest BCUT2D eigenvalue weighted by Crippen LogP contribution is 1.98. The van der Waals surface area contributed by atoms with E-state index in [1.54, 1.807) is 20.9 Å². The van der Waals surface area contributed by atoms with Gasteiger partial charge in [-0.2, -0.15) is 0 Å². The summed E-state index contributed by atoms with van der Waals surface area (Å²) >= 11 is 0. The number of hydrogen-bond donors (Lipinski definition) is 1. The van der Waals surface area contributed by atoms with E-state index in [0.717, 1.165) is 0 Å². The van der Waals surface area contributed by atoms with Crippen LogP contribution in [0.5, 0.6) is 0 Å². The van der Waals surface area contributed by atoms with Gasteiger partial charge in [0.25, 0.3) is 0 Å². The van der Waals surface area contributed by atoms with Crippen LogP contribution in [0.25, 0.3) is 0 Å². The lowest BCUT2D eigenvalue weighted by molar-refractivity contribution is -0.143. The fourth-order valence-electron chi connectivity index (χ4n) is 0.890. The molecule has 0 aromatic carbocycles. The Balaban J connectivity index is 3.88. The number of likely N-dealkylation sites (N-methyl/N-ethyl adjacent to an activating group) is 1. The molecular formula is C9H17NO4. The Kier molecular flexibility index (Phi) is 5.87. The van der Waals surface area contributed by atoms with Gasteiger partial charge in [-0.05, 0) is 6.92 Å². The first-order valence-corrected chi connectivity index (χ1v) is 4.53. The summed E-state index contributed by atoms with van der Waals surface area (Å²) in [6.45, 7) is 4.06. The van der Waals surface area contributed by atoms with E-state index in [1.807, 2.05) is 0 Å². The van der Waals surface area contributed by atoms with Crippen molar-refractivity contribution in [2.24, 2.45) is 5.92 Å². The molecule has 0 aromatic rings. The van der Waals surface area contributed by atoms with Crippen LogP contribution in [0.2, 0.25) is 0 Å². The Hall–Kier alpha value is -1.10. The highest BCUT2D eigenvalue weighted by Gasteiger charge is 2.16. The lowest BCUT2D eigenvalue weighted by atomic mass is 10.2. The summed E-state index contributed by atoms with van der Waals surface area (Å²) in [5.74, 6) is -1.65. The molecule has 0 bridgehead atoms. The zero-order chi connectivity index (χ0) is 11.1. The molecule has 0 rings (SSSR count). The number of amides is 1. The van der Waals surface area contributed by atoms with Crippen molar-refractivity contribution >= 4 is 11.9 Å². The zero-order valence-corrected chi connectivity index (χ0v) is 8.82. The first-order chi connectivity index (χ1) is 6.49. The Morgan fingerprint density at radius 1 is 1.50 bits per heavy atom. The number of carboxylic acids is 1. The number of carboxylic acid groups (broad SMARTS) is 1. The van der Waals surface area contributed by atoms with Crippen molar-refractivity contribution < 1.29 is 19.4 Å². The van der Waals surface area contributed by atoms with Crippen LogP contribution in [0, 0.1) is 5.92 Å². The molecule has 0 spiro atoms. The average molecular weight is 203 g/mol. The largest absolute Gasteiger partial charge is 0.481 e. The second kappa shape index (κ2) is 6.37. The van der Waals surface area contributed by atoms with Gasteiger partial charge in [-0.25, -0.2) is 0 Å². The molecule has 0 aliphatic rings. The molecule has 0 aliphatic heterocycles. The van der Waals surface area contributed by atoms with Crippen molar-refractivity contribution in [2.45, 2.75) is 13.8 Å². The standard InChI is InChI=1S/C9H17NO4/c1-4-14-6-8(11)10(3)5-7(2)9(12)13/h7H,4-6H2,1-3H3,(H,12,13). The number of ether oxygens (including phenoxy) is 1. The van der Waals surface area contributed by atoms with E-state index in [0.29, 0.717) is 6.61 Å². The van der Waals surface area contributed by atoms with Gasteiger partial charge in [0, 0.05) is 20.2 Å². The Labute approximate surface area is 83.6 Å². The van der Waals surface area contributed by atoms with Gasteiger partial charge in [0.2, 0.25) is 5.91 Å². The molecule has 0 fully saturated rings. The minimum Gasteiger partial charge on any atom is -0.481 e. The molecule has 0 heterocycles. The molecular weight excluding hydrogens is 186 g/mol. The van der Waals surface area contributed by atoms with Crippen molar-refractivity contribution in [3.8, 4) is 0 Å². The third kappa shape index (κ3) is 4.81. The molecule has 5 heteroatoms. The summed E-state index contributed by atoms with van der Waals surface area (Å²) in [7, 11) is 1.57. The Morgan fingerprint density at radius 2 is 2.07 bits per heavy atom. The second-order valence-electron chi connectivity index (χ2n) is 3.15. The highest BCUT2D eigenvalue weighted by atomic mass is 16.5. The monoisotopic (exact) mass is 203 g/mol. The van der Waals surface area contributed by atoms with Crippen molar-refractivity contribution in [1.82, 2.24) is 4.90 Å². The van der Waals surface area contributed by atoms with Crippen LogP contribution in [-0.2, 0) is 14.3 Å². The van der Waals surface area contributed by atoms with Gasteiger partial charge in [0.1, 0.15) is 6.61 Å². The number of carbonyl (C=O) groups excluding carboxylic acids is 1. The van der Waals surface area contributed by atoms with Gasteiger partial charge in [-0.3, -0.25) is 9.59 Å². The first-order valence-electron chi connectivity index (χ1n) is 4.53. The Morgan fingerprint density at radius 3 is 2.50 bits per heavy atom. The van der Waals surface area contributed by atoms with E-state index in [-0.39, 0.29) is 19.1 Å². The van der Waals surface area contributed by atoms with Crippen molar-refractivity contribution in [1.29, 1.82) is 0 Å². The summed E-state index contributed by atoms with van der Waals surface area (Å²) in [5.41, 5.74) is 0. The number of aliphatic carboxylic acids is 1. The minimum atomic E-state index is -0.902. The van der Waals surface area contributed by atoms with Crippen molar-refractivity contribution in [2.75, 3.05) is 26.8 Å². The maximum Gasteiger partial charge on any atom is 0.308 e. The lowest BCUT2D eigenvalue weighted by Crippen LogP contribution is -2.35. The van der Waals surface area contributed by atoms with E-state index < -0.39 is 11.9 Å². The normalized spacial score (nSPS) is 12.2. The first kappa shape index (κ1) is 12.9. The summed E-state index contributed by atoms with van der Waals surface area (Å²) in [5, 5.41) is 8.62. The zero-order valence-electron chi connectivity index (χ0n) is 8.82. The second-order valence-corrected chi connectivity index (χ2v) is 3.15. The number of nitrogens with zero attached hydrogens (tertiary/aromatic N) is 1. The quantitative estimate of drug-likeness (QED) is 0.669. The van der Waals surface area contributed by atoms with E-state index in [4.69, 9.17) is 9.84 Å². The average Bonchev–Trinajstić information content (AvgIpc) is 2.13. The summed E-state index contributed by atoms with van der Waals surface area (Å²) in [6.07, 6.45) is 0. The van der Waals surface area contributed by atoms with Gasteiger partial charge < -0.3 is 14.7 Å². The van der Waals surface area contributed by atoms with Gasteiger partial charge in [0.05, 0.1) is 5.92 Å². The lowest BCUT2D eigenvalue weighted by Gasteiger charge is -2.19. The molecule has 1 unspecified atom stereocenters. The molecule has 1 amide bonds. The van der Waals surface area contributed by atoms with Crippen molar-refractivity contribution in [3.05, 3.63) is 0 Å². The van der Waals surface area contributed by atoms with Crippen LogP contribution in [-0.4, -0.2) is 48.7 Å².